The maximum absolute atomic E-state index is 11.8. The quantitative estimate of drug-likeness (QED) is 0.770. The van der Waals surface area contributed by atoms with Gasteiger partial charge in [-0.25, -0.2) is 9.67 Å². The molecule has 2 aromatic rings. The van der Waals surface area contributed by atoms with Crippen LogP contribution in [0.5, 0.6) is 0 Å². The first kappa shape index (κ1) is 11.4. The largest absolute Gasteiger partial charge is 0.299 e. The van der Waals surface area contributed by atoms with Gasteiger partial charge in [0.25, 0.3) is 0 Å². The standard InChI is InChI=1S/C12H14N4O/c1-2-16-12(14-9-15-16)7-11(17)6-10-4-3-5-13-8-10/h3-5,8-9H,2,6-7H2,1H3. The minimum Gasteiger partial charge on any atom is -0.299 e. The molecule has 0 aromatic carbocycles. The molecule has 0 radical (unpaired) electrons. The third-order valence-corrected chi connectivity index (χ3v) is 2.47. The molecule has 2 rings (SSSR count). The molecular formula is C12H14N4O. The van der Waals surface area contributed by atoms with Gasteiger partial charge in [-0.1, -0.05) is 6.07 Å². The minimum atomic E-state index is 0.126. The fraction of sp³-hybridized carbons (Fsp3) is 0.333. The van der Waals surface area contributed by atoms with Gasteiger partial charge in [0.15, 0.2) is 0 Å². The van der Waals surface area contributed by atoms with Gasteiger partial charge in [-0.3, -0.25) is 9.78 Å². The van der Waals surface area contributed by atoms with E-state index in [0.29, 0.717) is 12.8 Å². The van der Waals surface area contributed by atoms with Crippen molar-refractivity contribution in [3.8, 4) is 0 Å². The molecule has 0 bridgehead atoms. The lowest BCUT2D eigenvalue weighted by atomic mass is 10.1. The van der Waals surface area contributed by atoms with Crippen LogP contribution in [-0.2, 0) is 24.2 Å². The molecule has 2 heterocycles. The highest BCUT2D eigenvalue weighted by molar-refractivity contribution is 5.82. The molecule has 17 heavy (non-hydrogen) atoms. The van der Waals surface area contributed by atoms with Crippen molar-refractivity contribution < 1.29 is 4.79 Å². The van der Waals surface area contributed by atoms with Crippen molar-refractivity contribution in [2.24, 2.45) is 0 Å². The van der Waals surface area contributed by atoms with E-state index in [9.17, 15) is 4.79 Å². The summed E-state index contributed by atoms with van der Waals surface area (Å²) in [4.78, 5) is 19.9. The molecule has 5 heteroatoms. The summed E-state index contributed by atoms with van der Waals surface area (Å²) in [5.74, 6) is 0.849. The van der Waals surface area contributed by atoms with Crippen LogP contribution >= 0.6 is 0 Å². The fourth-order valence-corrected chi connectivity index (χ4v) is 1.66. The van der Waals surface area contributed by atoms with Crippen LogP contribution in [0, 0.1) is 0 Å². The average molecular weight is 230 g/mol. The lowest BCUT2D eigenvalue weighted by molar-refractivity contribution is -0.117. The number of pyridine rings is 1. The molecule has 0 aliphatic rings. The zero-order valence-corrected chi connectivity index (χ0v) is 9.71. The number of aryl methyl sites for hydroxylation is 1. The van der Waals surface area contributed by atoms with Crippen molar-refractivity contribution in [3.63, 3.8) is 0 Å². The SMILES string of the molecule is CCn1ncnc1CC(=O)Cc1cccnc1. The van der Waals surface area contributed by atoms with E-state index in [0.717, 1.165) is 17.9 Å². The number of carbonyl (C=O) groups excluding carboxylic acids is 1. The summed E-state index contributed by atoms with van der Waals surface area (Å²) in [6.45, 7) is 2.71. The zero-order valence-electron chi connectivity index (χ0n) is 9.71. The van der Waals surface area contributed by atoms with Crippen LogP contribution in [0.2, 0.25) is 0 Å². The topological polar surface area (TPSA) is 60.7 Å². The molecule has 0 aliphatic carbocycles. The third-order valence-electron chi connectivity index (χ3n) is 2.47. The number of aromatic nitrogens is 4. The van der Waals surface area contributed by atoms with Crippen LogP contribution in [0.3, 0.4) is 0 Å². The van der Waals surface area contributed by atoms with Gasteiger partial charge >= 0.3 is 0 Å². The number of hydrogen-bond acceptors (Lipinski definition) is 4. The minimum absolute atomic E-state index is 0.126. The monoisotopic (exact) mass is 230 g/mol. The molecule has 0 amide bonds. The van der Waals surface area contributed by atoms with Gasteiger partial charge in [0.2, 0.25) is 0 Å². The Bertz CT molecular complexity index is 492. The molecule has 0 aliphatic heterocycles. The predicted octanol–water partition coefficient (Wildman–Crippen LogP) is 1.05. The normalized spacial score (nSPS) is 10.4. The highest BCUT2D eigenvalue weighted by Gasteiger charge is 2.10. The van der Waals surface area contributed by atoms with Crippen LogP contribution in [-0.4, -0.2) is 25.5 Å². The molecule has 0 saturated carbocycles. The van der Waals surface area contributed by atoms with E-state index in [2.05, 4.69) is 15.1 Å². The molecule has 2 aromatic heterocycles. The van der Waals surface area contributed by atoms with E-state index in [4.69, 9.17) is 0 Å². The molecule has 0 atom stereocenters. The zero-order chi connectivity index (χ0) is 12.1. The second kappa shape index (κ2) is 5.34. The highest BCUT2D eigenvalue weighted by Crippen LogP contribution is 2.02. The second-order valence-corrected chi connectivity index (χ2v) is 3.75. The van der Waals surface area contributed by atoms with Crippen molar-refractivity contribution in [2.75, 3.05) is 0 Å². The summed E-state index contributed by atoms with van der Waals surface area (Å²) in [5, 5.41) is 4.04. The number of rotatable bonds is 5. The van der Waals surface area contributed by atoms with Crippen molar-refractivity contribution >= 4 is 5.78 Å². The Morgan fingerprint density at radius 2 is 2.29 bits per heavy atom. The molecule has 0 unspecified atom stereocenters. The lowest BCUT2D eigenvalue weighted by Crippen LogP contribution is -2.12. The van der Waals surface area contributed by atoms with Gasteiger partial charge < -0.3 is 0 Å². The molecule has 0 fully saturated rings. The Kier molecular flexibility index (Phi) is 3.59. The van der Waals surface area contributed by atoms with Crippen LogP contribution in [0.15, 0.2) is 30.9 Å². The first-order valence-corrected chi connectivity index (χ1v) is 5.57. The van der Waals surface area contributed by atoms with Crippen LogP contribution < -0.4 is 0 Å². The average Bonchev–Trinajstić information content (AvgIpc) is 2.77. The van der Waals surface area contributed by atoms with Crippen molar-refractivity contribution in [1.82, 2.24) is 19.7 Å². The number of Topliss-reactive ketones (excluding diaryl/α,β-unsaturated/α-hetero) is 1. The third kappa shape index (κ3) is 2.96. The Morgan fingerprint density at radius 1 is 1.41 bits per heavy atom. The van der Waals surface area contributed by atoms with E-state index in [-0.39, 0.29) is 5.78 Å². The highest BCUT2D eigenvalue weighted by atomic mass is 16.1. The van der Waals surface area contributed by atoms with E-state index < -0.39 is 0 Å². The van der Waals surface area contributed by atoms with E-state index in [1.54, 1.807) is 17.1 Å². The Morgan fingerprint density at radius 3 is 3.00 bits per heavy atom. The summed E-state index contributed by atoms with van der Waals surface area (Å²) in [6, 6.07) is 3.73. The van der Waals surface area contributed by atoms with Crippen LogP contribution in [0.25, 0.3) is 0 Å². The Hall–Kier alpha value is -2.04. The molecule has 0 N–H and O–H groups in total. The Balaban J connectivity index is 1.98. The van der Waals surface area contributed by atoms with Gasteiger partial charge in [-0.05, 0) is 18.6 Å². The maximum Gasteiger partial charge on any atom is 0.144 e. The fourth-order valence-electron chi connectivity index (χ4n) is 1.66. The summed E-state index contributed by atoms with van der Waals surface area (Å²) in [5.41, 5.74) is 0.931. The summed E-state index contributed by atoms with van der Waals surface area (Å²) < 4.78 is 1.74. The van der Waals surface area contributed by atoms with Crippen molar-refractivity contribution in [3.05, 3.63) is 42.2 Å². The van der Waals surface area contributed by atoms with Gasteiger partial charge in [-0.15, -0.1) is 0 Å². The van der Waals surface area contributed by atoms with Crippen molar-refractivity contribution in [2.45, 2.75) is 26.3 Å². The second-order valence-electron chi connectivity index (χ2n) is 3.75. The predicted molar refractivity (Wildman–Crippen MR) is 62.3 cm³/mol. The lowest BCUT2D eigenvalue weighted by Gasteiger charge is -2.02. The van der Waals surface area contributed by atoms with Gasteiger partial charge in [0.05, 0.1) is 6.42 Å². The van der Waals surface area contributed by atoms with Gasteiger partial charge in [0.1, 0.15) is 17.9 Å². The molecular weight excluding hydrogens is 216 g/mol. The Labute approximate surface area is 99.5 Å². The molecule has 0 spiro atoms. The summed E-state index contributed by atoms with van der Waals surface area (Å²) in [6.07, 6.45) is 5.60. The first-order valence-electron chi connectivity index (χ1n) is 5.57. The molecule has 88 valence electrons. The van der Waals surface area contributed by atoms with Gasteiger partial charge in [-0.2, -0.15) is 5.10 Å². The van der Waals surface area contributed by atoms with E-state index in [1.807, 2.05) is 19.1 Å². The first-order chi connectivity index (χ1) is 8.29. The van der Waals surface area contributed by atoms with E-state index >= 15 is 0 Å². The molecule has 0 saturated heterocycles. The van der Waals surface area contributed by atoms with Crippen LogP contribution in [0.1, 0.15) is 18.3 Å². The summed E-state index contributed by atoms with van der Waals surface area (Å²) >= 11 is 0. The van der Waals surface area contributed by atoms with E-state index in [1.165, 1.54) is 6.33 Å². The number of nitrogens with zero attached hydrogens (tertiary/aromatic N) is 4. The van der Waals surface area contributed by atoms with Crippen molar-refractivity contribution in [1.29, 1.82) is 0 Å². The summed E-state index contributed by atoms with van der Waals surface area (Å²) in [7, 11) is 0. The number of carbonyl (C=O) groups is 1. The molecule has 5 nitrogen and oxygen atoms in total. The van der Waals surface area contributed by atoms with Crippen LogP contribution in [0.4, 0.5) is 0 Å². The van der Waals surface area contributed by atoms with Gasteiger partial charge in [0, 0.05) is 25.4 Å². The smallest absolute Gasteiger partial charge is 0.144 e. The number of hydrogen-bond donors (Lipinski definition) is 0. The number of ketones is 1. The maximum atomic E-state index is 11.8.